The Morgan fingerprint density at radius 2 is 1.67 bits per heavy atom. The topological polar surface area (TPSA) is 24.5 Å². The first-order valence-electron chi connectivity index (χ1n) is 8.09. The maximum absolute atomic E-state index is 6.15. The number of benzene rings is 1. The fourth-order valence-electron chi connectivity index (χ4n) is 3.35. The zero-order chi connectivity index (χ0) is 15.7. The van der Waals surface area contributed by atoms with Gasteiger partial charge in [0.05, 0.1) is 17.2 Å². The van der Waals surface area contributed by atoms with Gasteiger partial charge in [-0.1, -0.05) is 0 Å². The van der Waals surface area contributed by atoms with Crippen LogP contribution in [0.2, 0.25) is 0 Å². The van der Waals surface area contributed by atoms with Crippen molar-refractivity contribution in [3.63, 3.8) is 0 Å². The lowest BCUT2D eigenvalue weighted by Gasteiger charge is -2.28. The van der Waals surface area contributed by atoms with Crippen LogP contribution in [-0.2, 0) is 4.74 Å². The van der Waals surface area contributed by atoms with Crippen molar-refractivity contribution < 1.29 is 4.74 Å². The number of nitrogens with zero attached hydrogens (tertiary/aromatic N) is 1. The van der Waals surface area contributed by atoms with Crippen LogP contribution in [0.25, 0.3) is 0 Å². The number of nitrogens with one attached hydrogen (secondary N) is 1. The van der Waals surface area contributed by atoms with Crippen LogP contribution in [0.15, 0.2) is 24.3 Å². The van der Waals surface area contributed by atoms with E-state index in [-0.39, 0.29) is 11.2 Å². The Balaban J connectivity index is 2.07. The smallest absolute Gasteiger partial charge is 0.0834 e. The van der Waals surface area contributed by atoms with Crippen LogP contribution in [0.1, 0.15) is 48.0 Å². The summed E-state index contributed by atoms with van der Waals surface area (Å²) in [5, 5.41) is 3.65. The van der Waals surface area contributed by atoms with Crippen molar-refractivity contribution in [3.8, 4) is 0 Å². The standard InChI is InChI=1S/C18H30N2O/c1-7-20(8-2)15-11-9-14(10-12-15)19-16-13-17(3,4)21-18(16,5)6/h9-12,16,19H,7-8,13H2,1-6H3. The minimum absolute atomic E-state index is 0.0532. The molecule has 1 aromatic carbocycles. The van der Waals surface area contributed by atoms with Crippen LogP contribution < -0.4 is 10.2 Å². The van der Waals surface area contributed by atoms with E-state index in [4.69, 9.17) is 4.74 Å². The van der Waals surface area contributed by atoms with Gasteiger partial charge in [-0.05, 0) is 72.2 Å². The summed E-state index contributed by atoms with van der Waals surface area (Å²) in [5.41, 5.74) is 2.27. The maximum atomic E-state index is 6.15. The maximum Gasteiger partial charge on any atom is 0.0834 e. The Morgan fingerprint density at radius 1 is 1.10 bits per heavy atom. The minimum Gasteiger partial charge on any atom is -0.379 e. The summed E-state index contributed by atoms with van der Waals surface area (Å²) in [6, 6.07) is 9.09. The van der Waals surface area contributed by atoms with Crippen LogP contribution >= 0.6 is 0 Å². The lowest BCUT2D eigenvalue weighted by molar-refractivity contribution is -0.0662. The normalized spacial score (nSPS) is 23.0. The molecule has 0 saturated carbocycles. The summed E-state index contributed by atoms with van der Waals surface area (Å²) in [6.45, 7) is 15.1. The van der Waals surface area contributed by atoms with Gasteiger partial charge in [-0.2, -0.15) is 0 Å². The molecule has 0 aromatic heterocycles. The van der Waals surface area contributed by atoms with Gasteiger partial charge in [0.1, 0.15) is 0 Å². The Bertz CT molecular complexity index is 461. The molecule has 1 aliphatic rings. The Hall–Kier alpha value is -1.22. The summed E-state index contributed by atoms with van der Waals surface area (Å²) >= 11 is 0. The van der Waals surface area contributed by atoms with Crippen LogP contribution in [0.3, 0.4) is 0 Å². The van der Waals surface area contributed by atoms with Crippen molar-refractivity contribution in [3.05, 3.63) is 24.3 Å². The fraction of sp³-hybridized carbons (Fsp3) is 0.667. The van der Waals surface area contributed by atoms with Crippen molar-refractivity contribution in [1.29, 1.82) is 0 Å². The molecule has 2 rings (SSSR count). The van der Waals surface area contributed by atoms with Crippen LogP contribution in [-0.4, -0.2) is 30.3 Å². The number of hydrogen-bond donors (Lipinski definition) is 1. The highest BCUT2D eigenvalue weighted by Crippen LogP contribution is 2.38. The van der Waals surface area contributed by atoms with E-state index < -0.39 is 0 Å². The first kappa shape index (κ1) is 16.2. The third-order valence-electron chi connectivity index (χ3n) is 4.41. The van der Waals surface area contributed by atoms with Gasteiger partial charge in [0.2, 0.25) is 0 Å². The molecule has 118 valence electrons. The van der Waals surface area contributed by atoms with Crippen LogP contribution in [0.4, 0.5) is 11.4 Å². The summed E-state index contributed by atoms with van der Waals surface area (Å²) < 4.78 is 6.15. The quantitative estimate of drug-likeness (QED) is 0.875. The van der Waals surface area contributed by atoms with Gasteiger partial charge in [0.15, 0.2) is 0 Å². The summed E-state index contributed by atoms with van der Waals surface area (Å²) in [4.78, 5) is 2.36. The molecule has 1 atom stereocenters. The lowest BCUT2D eigenvalue weighted by atomic mass is 9.94. The third kappa shape index (κ3) is 3.70. The van der Waals surface area contributed by atoms with Gasteiger partial charge in [0, 0.05) is 24.5 Å². The molecule has 3 heteroatoms. The van der Waals surface area contributed by atoms with Crippen LogP contribution in [0.5, 0.6) is 0 Å². The Labute approximate surface area is 129 Å². The second-order valence-electron chi connectivity index (χ2n) is 7.09. The average molecular weight is 290 g/mol. The molecule has 0 spiro atoms. The minimum atomic E-state index is -0.138. The summed E-state index contributed by atoms with van der Waals surface area (Å²) in [7, 11) is 0. The first-order valence-corrected chi connectivity index (χ1v) is 8.09. The number of hydrogen-bond acceptors (Lipinski definition) is 3. The van der Waals surface area contributed by atoms with Gasteiger partial charge in [-0.25, -0.2) is 0 Å². The predicted octanol–water partition coefficient (Wildman–Crippen LogP) is 4.29. The van der Waals surface area contributed by atoms with Gasteiger partial charge >= 0.3 is 0 Å². The monoisotopic (exact) mass is 290 g/mol. The van der Waals surface area contributed by atoms with E-state index in [2.05, 4.69) is 76.0 Å². The molecule has 1 aromatic rings. The predicted molar refractivity (Wildman–Crippen MR) is 91.3 cm³/mol. The van der Waals surface area contributed by atoms with E-state index in [9.17, 15) is 0 Å². The molecule has 0 aliphatic carbocycles. The van der Waals surface area contributed by atoms with Crippen molar-refractivity contribution in [1.82, 2.24) is 0 Å². The molecule has 1 fully saturated rings. The fourth-order valence-corrected chi connectivity index (χ4v) is 3.35. The number of anilines is 2. The Morgan fingerprint density at radius 3 is 2.10 bits per heavy atom. The van der Waals surface area contributed by atoms with E-state index in [1.54, 1.807) is 0 Å². The molecule has 1 aliphatic heterocycles. The lowest BCUT2D eigenvalue weighted by Crippen LogP contribution is -2.38. The zero-order valence-electron chi connectivity index (χ0n) is 14.4. The van der Waals surface area contributed by atoms with Crippen molar-refractivity contribution in [2.75, 3.05) is 23.3 Å². The zero-order valence-corrected chi connectivity index (χ0v) is 14.4. The molecule has 0 bridgehead atoms. The van der Waals surface area contributed by atoms with Crippen molar-refractivity contribution in [2.45, 2.75) is 65.2 Å². The molecular weight excluding hydrogens is 260 g/mol. The first-order chi connectivity index (χ1) is 9.77. The second kappa shape index (κ2) is 5.88. The van der Waals surface area contributed by atoms with E-state index in [1.807, 2.05) is 0 Å². The molecular formula is C18H30N2O. The highest BCUT2D eigenvalue weighted by molar-refractivity contribution is 5.55. The van der Waals surface area contributed by atoms with E-state index in [0.29, 0.717) is 6.04 Å². The largest absolute Gasteiger partial charge is 0.379 e. The summed E-state index contributed by atoms with van der Waals surface area (Å²) in [5.74, 6) is 0. The molecule has 1 heterocycles. The molecule has 1 saturated heterocycles. The second-order valence-corrected chi connectivity index (χ2v) is 7.09. The van der Waals surface area contributed by atoms with E-state index >= 15 is 0 Å². The van der Waals surface area contributed by atoms with Gasteiger partial charge in [-0.15, -0.1) is 0 Å². The SMILES string of the molecule is CCN(CC)c1ccc(NC2CC(C)(C)OC2(C)C)cc1. The molecule has 1 unspecified atom stereocenters. The summed E-state index contributed by atoms with van der Waals surface area (Å²) in [6.07, 6.45) is 1.03. The van der Waals surface area contributed by atoms with Crippen molar-refractivity contribution in [2.24, 2.45) is 0 Å². The van der Waals surface area contributed by atoms with Gasteiger partial charge in [-0.3, -0.25) is 0 Å². The number of rotatable bonds is 5. The van der Waals surface area contributed by atoms with Gasteiger partial charge < -0.3 is 15.0 Å². The molecule has 0 radical (unpaired) electrons. The van der Waals surface area contributed by atoms with Gasteiger partial charge in [0.25, 0.3) is 0 Å². The highest BCUT2D eigenvalue weighted by Gasteiger charge is 2.45. The van der Waals surface area contributed by atoms with E-state index in [1.165, 1.54) is 11.4 Å². The van der Waals surface area contributed by atoms with Crippen LogP contribution in [0, 0.1) is 0 Å². The highest BCUT2D eigenvalue weighted by atomic mass is 16.5. The molecule has 0 amide bonds. The average Bonchev–Trinajstić information content (AvgIpc) is 2.60. The van der Waals surface area contributed by atoms with Crippen molar-refractivity contribution >= 4 is 11.4 Å². The molecule has 3 nitrogen and oxygen atoms in total. The molecule has 1 N–H and O–H groups in total. The molecule has 21 heavy (non-hydrogen) atoms. The third-order valence-corrected chi connectivity index (χ3v) is 4.41. The number of ether oxygens (including phenoxy) is 1. The van der Waals surface area contributed by atoms with E-state index in [0.717, 1.165) is 19.5 Å². The Kier molecular flexibility index (Phi) is 4.52.